The van der Waals surface area contributed by atoms with Crippen molar-refractivity contribution >= 4 is 11.5 Å². The molecule has 33 heavy (non-hydrogen) atoms. The fraction of sp³-hybridized carbons (Fsp3) is 0.160. The lowest BCUT2D eigenvalue weighted by molar-refractivity contribution is 0.463. The minimum atomic E-state index is -1.48. The molecular formula is C25H21F4N3O. The number of pyridine rings is 1. The Morgan fingerprint density at radius 2 is 1.42 bits per heavy atom. The lowest BCUT2D eigenvalue weighted by Crippen LogP contribution is -2.10. The molecule has 0 aliphatic rings. The van der Waals surface area contributed by atoms with Gasteiger partial charge in [-0.25, -0.2) is 22.5 Å². The van der Waals surface area contributed by atoms with E-state index < -0.39 is 34.4 Å². The van der Waals surface area contributed by atoms with Crippen molar-refractivity contribution in [2.24, 2.45) is 0 Å². The molecule has 8 heteroatoms. The summed E-state index contributed by atoms with van der Waals surface area (Å²) in [5.41, 5.74) is -0.977. The Hall–Kier alpha value is -3.81. The molecule has 2 aromatic heterocycles. The second-order valence-corrected chi connectivity index (χ2v) is 7.75. The third-order valence-corrected chi connectivity index (χ3v) is 4.97. The van der Waals surface area contributed by atoms with Crippen LogP contribution < -0.4 is 10.6 Å². The molecule has 170 valence electrons. The molecule has 2 aromatic carbocycles. The number of anilines is 2. The predicted octanol–water partition coefficient (Wildman–Crippen LogP) is 7.00. The summed E-state index contributed by atoms with van der Waals surface area (Å²) in [5, 5.41) is 6.11. The van der Waals surface area contributed by atoms with Crippen molar-refractivity contribution in [1.82, 2.24) is 4.98 Å². The Bertz CT molecular complexity index is 1210. The van der Waals surface area contributed by atoms with Gasteiger partial charge in [0, 0.05) is 23.5 Å². The number of rotatable bonds is 7. The van der Waals surface area contributed by atoms with Gasteiger partial charge in [-0.05, 0) is 55.8 Å². The quantitative estimate of drug-likeness (QED) is 0.233. The molecule has 4 aromatic rings. The molecule has 0 fully saturated rings. The van der Waals surface area contributed by atoms with E-state index in [-0.39, 0.29) is 17.2 Å². The van der Waals surface area contributed by atoms with Gasteiger partial charge in [-0.15, -0.1) is 0 Å². The van der Waals surface area contributed by atoms with Gasteiger partial charge in [0.05, 0.1) is 23.9 Å². The molecule has 0 saturated heterocycles. The van der Waals surface area contributed by atoms with Crippen LogP contribution in [0.15, 0.2) is 65.4 Å². The second kappa shape index (κ2) is 9.36. The number of hydrogen-bond donors (Lipinski definition) is 2. The van der Waals surface area contributed by atoms with Gasteiger partial charge >= 0.3 is 0 Å². The van der Waals surface area contributed by atoms with E-state index in [9.17, 15) is 17.6 Å². The van der Waals surface area contributed by atoms with Crippen LogP contribution in [-0.4, -0.2) is 11.0 Å². The zero-order valence-electron chi connectivity index (χ0n) is 17.9. The Kier molecular flexibility index (Phi) is 6.35. The minimum absolute atomic E-state index is 0.00695. The number of furan rings is 1. The van der Waals surface area contributed by atoms with Gasteiger partial charge in [0.25, 0.3) is 0 Å². The van der Waals surface area contributed by atoms with E-state index in [1.54, 1.807) is 30.5 Å². The van der Waals surface area contributed by atoms with Gasteiger partial charge < -0.3 is 15.1 Å². The van der Waals surface area contributed by atoms with E-state index in [1.807, 2.05) is 13.8 Å². The molecule has 0 saturated carbocycles. The maximum Gasteiger partial charge on any atom is 0.170 e. The van der Waals surface area contributed by atoms with Crippen molar-refractivity contribution in [2.45, 2.75) is 26.4 Å². The number of halogens is 4. The third-order valence-electron chi connectivity index (χ3n) is 4.97. The van der Waals surface area contributed by atoms with Gasteiger partial charge in [0.1, 0.15) is 11.6 Å². The molecule has 0 aliphatic carbocycles. The first-order valence-electron chi connectivity index (χ1n) is 10.3. The Morgan fingerprint density at radius 3 is 1.94 bits per heavy atom. The summed E-state index contributed by atoms with van der Waals surface area (Å²) in [6.45, 7) is 4.22. The van der Waals surface area contributed by atoms with E-state index in [0.717, 1.165) is 0 Å². The molecule has 4 rings (SSSR count). The van der Waals surface area contributed by atoms with Crippen LogP contribution in [0.25, 0.3) is 22.3 Å². The van der Waals surface area contributed by atoms with Crippen LogP contribution in [-0.2, 0) is 6.54 Å². The maximum absolute atomic E-state index is 14.9. The lowest BCUT2D eigenvalue weighted by Gasteiger charge is -2.14. The molecule has 0 aliphatic heterocycles. The molecule has 0 amide bonds. The molecule has 4 nitrogen and oxygen atoms in total. The highest BCUT2D eigenvalue weighted by molar-refractivity contribution is 5.74. The van der Waals surface area contributed by atoms with Gasteiger partial charge in [0.2, 0.25) is 0 Å². The third kappa shape index (κ3) is 4.69. The molecular weight excluding hydrogens is 434 g/mol. The predicted molar refractivity (Wildman–Crippen MR) is 120 cm³/mol. The maximum atomic E-state index is 14.9. The molecule has 2 heterocycles. The van der Waals surface area contributed by atoms with Crippen LogP contribution in [0.1, 0.15) is 19.6 Å². The van der Waals surface area contributed by atoms with Gasteiger partial charge in [-0.1, -0.05) is 12.1 Å². The van der Waals surface area contributed by atoms with Crippen LogP contribution >= 0.6 is 0 Å². The van der Waals surface area contributed by atoms with Crippen LogP contribution in [0.5, 0.6) is 0 Å². The van der Waals surface area contributed by atoms with Gasteiger partial charge in [0.15, 0.2) is 23.3 Å². The normalized spacial score (nSPS) is 11.1. The molecule has 0 atom stereocenters. The summed E-state index contributed by atoms with van der Waals surface area (Å²) in [5.74, 6) is -4.70. The zero-order valence-corrected chi connectivity index (χ0v) is 17.9. The average Bonchev–Trinajstić information content (AvgIpc) is 3.32. The van der Waals surface area contributed by atoms with Crippen LogP contribution in [0.2, 0.25) is 0 Å². The molecule has 0 radical (unpaired) electrons. The number of aromatic nitrogens is 1. The van der Waals surface area contributed by atoms with E-state index in [2.05, 4.69) is 15.6 Å². The first kappa shape index (κ1) is 22.4. The topological polar surface area (TPSA) is 50.1 Å². The van der Waals surface area contributed by atoms with Crippen molar-refractivity contribution in [3.05, 3.63) is 90.0 Å². The summed E-state index contributed by atoms with van der Waals surface area (Å²) in [6, 6.07) is 12.4. The lowest BCUT2D eigenvalue weighted by atomic mass is 9.98. The minimum Gasteiger partial charge on any atom is -0.467 e. The van der Waals surface area contributed by atoms with E-state index in [1.165, 1.54) is 30.5 Å². The summed E-state index contributed by atoms with van der Waals surface area (Å²) in [6.07, 6.45) is 2.72. The van der Waals surface area contributed by atoms with Crippen molar-refractivity contribution in [1.29, 1.82) is 0 Å². The van der Waals surface area contributed by atoms with Gasteiger partial charge in [-0.2, -0.15) is 0 Å². The highest BCUT2D eigenvalue weighted by Crippen LogP contribution is 2.37. The van der Waals surface area contributed by atoms with Crippen LogP contribution in [0.4, 0.5) is 29.1 Å². The first-order valence-corrected chi connectivity index (χ1v) is 10.3. The number of nitrogens with one attached hydrogen (secondary N) is 2. The second-order valence-electron chi connectivity index (χ2n) is 7.75. The van der Waals surface area contributed by atoms with Crippen molar-refractivity contribution < 1.29 is 22.0 Å². The van der Waals surface area contributed by atoms with Crippen molar-refractivity contribution in [3.63, 3.8) is 0 Å². The van der Waals surface area contributed by atoms with E-state index in [4.69, 9.17) is 4.42 Å². The number of benzene rings is 2. The highest BCUT2D eigenvalue weighted by atomic mass is 19.2. The van der Waals surface area contributed by atoms with Crippen LogP contribution in [0.3, 0.4) is 0 Å². The summed E-state index contributed by atoms with van der Waals surface area (Å²) in [7, 11) is 0. The van der Waals surface area contributed by atoms with Crippen molar-refractivity contribution in [3.8, 4) is 22.3 Å². The monoisotopic (exact) mass is 455 g/mol. The Morgan fingerprint density at radius 1 is 0.818 bits per heavy atom. The van der Waals surface area contributed by atoms with E-state index in [0.29, 0.717) is 23.8 Å². The fourth-order valence-corrected chi connectivity index (χ4v) is 3.42. The van der Waals surface area contributed by atoms with Crippen LogP contribution in [0, 0.1) is 23.3 Å². The zero-order chi connectivity index (χ0) is 23.5. The van der Waals surface area contributed by atoms with Crippen molar-refractivity contribution in [2.75, 3.05) is 10.6 Å². The van der Waals surface area contributed by atoms with Gasteiger partial charge in [-0.3, -0.25) is 0 Å². The fourth-order valence-electron chi connectivity index (χ4n) is 3.42. The Balaban J connectivity index is 1.64. The smallest absolute Gasteiger partial charge is 0.170 e. The largest absolute Gasteiger partial charge is 0.467 e. The summed E-state index contributed by atoms with van der Waals surface area (Å²) >= 11 is 0. The highest BCUT2D eigenvalue weighted by Gasteiger charge is 2.27. The molecule has 0 unspecified atom stereocenters. The molecule has 0 bridgehead atoms. The SMILES string of the molecule is CC(C)Nc1ccc(-c2c(F)c(F)c(-c3ccc(NCc4ccco4)cc3)c(F)c2F)cn1. The number of hydrogen-bond acceptors (Lipinski definition) is 4. The molecule has 0 spiro atoms. The van der Waals surface area contributed by atoms with E-state index >= 15 is 0 Å². The summed E-state index contributed by atoms with van der Waals surface area (Å²) in [4.78, 5) is 4.06. The Labute approximate surface area is 188 Å². The average molecular weight is 455 g/mol. The first-order chi connectivity index (χ1) is 15.8. The molecule has 2 N–H and O–H groups in total. The summed E-state index contributed by atoms with van der Waals surface area (Å²) < 4.78 is 64.8. The number of nitrogens with zero attached hydrogens (tertiary/aromatic N) is 1. The standard InChI is InChI=1S/C25H21F4N3O/c1-14(2)32-19-10-7-16(12-31-19)21-24(28)22(26)20(23(27)25(21)29)15-5-8-17(9-6-15)30-13-18-4-3-11-33-18/h3-12,14,30H,13H2,1-2H3,(H,31,32).